The maximum atomic E-state index is 10.7. The standard InChI is InChI=1S/C12H12ClNO3S/c1-8(15)18-5-3-2-4-9-6-10(13)11(12(16)17)14-7-9/h2,4,6-7H,3,5H2,1H3,(H,16,17). The summed E-state index contributed by atoms with van der Waals surface area (Å²) in [5.41, 5.74) is 0.582. The number of nitrogens with zero attached hydrogens (tertiary/aromatic N) is 1. The molecular weight excluding hydrogens is 274 g/mol. The molecule has 0 unspecified atom stereocenters. The summed E-state index contributed by atoms with van der Waals surface area (Å²) < 4.78 is 0. The summed E-state index contributed by atoms with van der Waals surface area (Å²) in [4.78, 5) is 25.1. The molecule has 1 heterocycles. The third-order valence-electron chi connectivity index (χ3n) is 1.97. The van der Waals surface area contributed by atoms with Crippen LogP contribution in [0.25, 0.3) is 6.08 Å². The SMILES string of the molecule is CC(=O)SCCC=Cc1cnc(C(=O)O)c(Cl)c1. The van der Waals surface area contributed by atoms with Crippen LogP contribution in [-0.4, -0.2) is 26.9 Å². The predicted molar refractivity (Wildman–Crippen MR) is 73.0 cm³/mol. The van der Waals surface area contributed by atoms with E-state index in [9.17, 15) is 9.59 Å². The molecule has 96 valence electrons. The topological polar surface area (TPSA) is 67.3 Å². The minimum Gasteiger partial charge on any atom is -0.476 e. The van der Waals surface area contributed by atoms with Crippen LogP contribution < -0.4 is 0 Å². The third kappa shape index (κ3) is 4.89. The Labute approximate surface area is 114 Å². The van der Waals surface area contributed by atoms with Crippen molar-refractivity contribution in [2.45, 2.75) is 13.3 Å². The maximum absolute atomic E-state index is 10.7. The molecule has 1 aromatic heterocycles. The van der Waals surface area contributed by atoms with Crippen molar-refractivity contribution < 1.29 is 14.7 Å². The molecule has 18 heavy (non-hydrogen) atoms. The molecule has 0 fully saturated rings. The number of aromatic nitrogens is 1. The summed E-state index contributed by atoms with van der Waals surface area (Å²) in [6.45, 7) is 1.53. The molecule has 0 spiro atoms. The lowest BCUT2D eigenvalue weighted by molar-refractivity contribution is -0.109. The van der Waals surface area contributed by atoms with E-state index < -0.39 is 5.97 Å². The number of aromatic carboxylic acids is 1. The summed E-state index contributed by atoms with van der Waals surface area (Å²) in [5.74, 6) is -0.423. The minimum absolute atomic E-state index is 0.0962. The van der Waals surface area contributed by atoms with E-state index >= 15 is 0 Å². The number of carbonyl (C=O) groups excluding carboxylic acids is 1. The molecule has 0 radical (unpaired) electrons. The predicted octanol–water partition coefficient (Wildman–Crippen LogP) is 3.12. The molecule has 6 heteroatoms. The van der Waals surface area contributed by atoms with Crippen LogP contribution in [0.2, 0.25) is 5.02 Å². The largest absolute Gasteiger partial charge is 0.476 e. The molecule has 0 aliphatic heterocycles. The zero-order chi connectivity index (χ0) is 13.5. The van der Waals surface area contributed by atoms with Gasteiger partial charge < -0.3 is 5.11 Å². The first-order valence-corrected chi connectivity index (χ1v) is 6.56. The van der Waals surface area contributed by atoms with Crippen LogP contribution in [0, 0.1) is 0 Å². The molecule has 0 amide bonds. The molecule has 0 bridgehead atoms. The van der Waals surface area contributed by atoms with Crippen LogP contribution in [0.4, 0.5) is 0 Å². The Kier molecular flexibility index (Phi) is 5.88. The van der Waals surface area contributed by atoms with Gasteiger partial charge in [0.05, 0.1) is 5.02 Å². The number of hydrogen-bond acceptors (Lipinski definition) is 4. The van der Waals surface area contributed by atoms with Crippen molar-refractivity contribution in [1.29, 1.82) is 0 Å². The van der Waals surface area contributed by atoms with E-state index in [1.807, 2.05) is 6.08 Å². The highest BCUT2D eigenvalue weighted by Gasteiger charge is 2.09. The first kappa shape index (κ1) is 14.7. The van der Waals surface area contributed by atoms with Crippen LogP contribution in [-0.2, 0) is 4.79 Å². The summed E-state index contributed by atoms with van der Waals surface area (Å²) in [6.07, 6.45) is 5.89. The van der Waals surface area contributed by atoms with E-state index in [1.165, 1.54) is 24.9 Å². The second kappa shape index (κ2) is 7.18. The van der Waals surface area contributed by atoms with E-state index in [4.69, 9.17) is 16.7 Å². The number of carbonyl (C=O) groups is 2. The number of carboxylic acid groups (broad SMARTS) is 1. The maximum Gasteiger partial charge on any atom is 0.356 e. The number of pyridine rings is 1. The Morgan fingerprint density at radius 3 is 2.83 bits per heavy atom. The quantitative estimate of drug-likeness (QED) is 0.842. The van der Waals surface area contributed by atoms with Crippen molar-refractivity contribution in [1.82, 2.24) is 4.98 Å². The summed E-state index contributed by atoms with van der Waals surface area (Å²) in [5, 5.41) is 8.96. The van der Waals surface area contributed by atoms with Crippen molar-refractivity contribution in [3.63, 3.8) is 0 Å². The van der Waals surface area contributed by atoms with Crippen molar-refractivity contribution in [3.8, 4) is 0 Å². The van der Waals surface area contributed by atoms with Crippen LogP contribution >= 0.6 is 23.4 Å². The van der Waals surface area contributed by atoms with Gasteiger partial charge >= 0.3 is 5.97 Å². The van der Waals surface area contributed by atoms with Crippen molar-refractivity contribution >= 4 is 40.5 Å². The zero-order valence-corrected chi connectivity index (χ0v) is 11.3. The molecular formula is C12H12ClNO3S. The second-order valence-corrected chi connectivity index (χ2v) is 5.11. The molecule has 1 rings (SSSR count). The molecule has 4 nitrogen and oxygen atoms in total. The Balaban J connectivity index is 2.58. The molecule has 1 N–H and O–H groups in total. The first-order valence-electron chi connectivity index (χ1n) is 5.19. The highest BCUT2D eigenvalue weighted by Crippen LogP contribution is 2.16. The van der Waals surface area contributed by atoms with E-state index in [0.29, 0.717) is 0 Å². The summed E-state index contributed by atoms with van der Waals surface area (Å²) >= 11 is 7.05. The smallest absolute Gasteiger partial charge is 0.356 e. The Morgan fingerprint density at radius 1 is 1.56 bits per heavy atom. The average molecular weight is 286 g/mol. The van der Waals surface area contributed by atoms with Gasteiger partial charge in [-0.15, -0.1) is 0 Å². The third-order valence-corrected chi connectivity index (χ3v) is 3.10. The van der Waals surface area contributed by atoms with E-state index in [1.54, 1.807) is 12.1 Å². The Morgan fingerprint density at radius 2 is 2.28 bits per heavy atom. The van der Waals surface area contributed by atoms with Crippen molar-refractivity contribution in [2.75, 3.05) is 5.75 Å². The van der Waals surface area contributed by atoms with Gasteiger partial charge in [0.1, 0.15) is 0 Å². The molecule has 0 aliphatic carbocycles. The van der Waals surface area contributed by atoms with Crippen molar-refractivity contribution in [3.05, 3.63) is 34.6 Å². The summed E-state index contributed by atoms with van der Waals surface area (Å²) in [6, 6.07) is 1.55. The monoisotopic (exact) mass is 285 g/mol. The van der Waals surface area contributed by atoms with Gasteiger partial charge in [0, 0.05) is 18.9 Å². The van der Waals surface area contributed by atoms with Gasteiger partial charge in [-0.25, -0.2) is 9.78 Å². The van der Waals surface area contributed by atoms with Gasteiger partial charge in [-0.1, -0.05) is 35.5 Å². The molecule has 1 aromatic rings. The number of halogens is 1. The number of thioether (sulfide) groups is 1. The van der Waals surface area contributed by atoms with Gasteiger partial charge in [0.15, 0.2) is 10.8 Å². The fraction of sp³-hybridized carbons (Fsp3) is 0.250. The number of carboxylic acids is 1. The van der Waals surface area contributed by atoms with Crippen LogP contribution in [0.5, 0.6) is 0 Å². The van der Waals surface area contributed by atoms with E-state index in [0.717, 1.165) is 17.7 Å². The van der Waals surface area contributed by atoms with Crippen LogP contribution in [0.3, 0.4) is 0 Å². The van der Waals surface area contributed by atoms with Crippen molar-refractivity contribution in [2.24, 2.45) is 0 Å². The zero-order valence-electron chi connectivity index (χ0n) is 9.72. The molecule has 0 aromatic carbocycles. The van der Waals surface area contributed by atoms with Crippen LogP contribution in [0.1, 0.15) is 29.4 Å². The lowest BCUT2D eigenvalue weighted by Gasteiger charge is -1.99. The molecule has 0 saturated carbocycles. The Hall–Kier alpha value is -1.33. The van der Waals surface area contributed by atoms with Crippen LogP contribution in [0.15, 0.2) is 18.3 Å². The number of rotatable bonds is 5. The van der Waals surface area contributed by atoms with Gasteiger partial charge in [-0.2, -0.15) is 0 Å². The Bertz CT molecular complexity index is 488. The second-order valence-electron chi connectivity index (χ2n) is 3.44. The van der Waals surface area contributed by atoms with E-state index in [-0.39, 0.29) is 15.8 Å². The number of hydrogen-bond donors (Lipinski definition) is 1. The highest BCUT2D eigenvalue weighted by molar-refractivity contribution is 8.13. The molecule has 0 saturated heterocycles. The highest BCUT2D eigenvalue weighted by atomic mass is 35.5. The lowest BCUT2D eigenvalue weighted by Crippen LogP contribution is -2.01. The molecule has 0 atom stereocenters. The number of allylic oxidation sites excluding steroid dienone is 1. The van der Waals surface area contributed by atoms with Gasteiger partial charge in [0.25, 0.3) is 0 Å². The van der Waals surface area contributed by atoms with E-state index in [2.05, 4.69) is 4.98 Å². The van der Waals surface area contributed by atoms with Gasteiger partial charge in [0.2, 0.25) is 0 Å². The normalized spacial score (nSPS) is 10.8. The van der Waals surface area contributed by atoms with Gasteiger partial charge in [-0.05, 0) is 18.1 Å². The first-order chi connectivity index (χ1) is 8.50. The van der Waals surface area contributed by atoms with Gasteiger partial charge in [-0.3, -0.25) is 4.79 Å². The molecule has 0 aliphatic rings. The fourth-order valence-corrected chi connectivity index (χ4v) is 1.99. The fourth-order valence-electron chi connectivity index (χ4n) is 1.19. The lowest BCUT2D eigenvalue weighted by atomic mass is 10.2. The average Bonchev–Trinajstić information content (AvgIpc) is 2.27. The summed E-state index contributed by atoms with van der Waals surface area (Å²) in [7, 11) is 0. The minimum atomic E-state index is -1.15.